The number of carbonyl (C=O) groups is 1. The highest BCUT2D eigenvalue weighted by molar-refractivity contribution is 5.91. The molecule has 0 aliphatic carbocycles. The minimum atomic E-state index is 0.0340. The summed E-state index contributed by atoms with van der Waals surface area (Å²) in [4.78, 5) is 15.9. The molecule has 0 saturated carbocycles. The van der Waals surface area contributed by atoms with Gasteiger partial charge in [0.1, 0.15) is 0 Å². The second kappa shape index (κ2) is 6.75. The quantitative estimate of drug-likeness (QED) is 0.759. The molecule has 0 aromatic heterocycles. The maximum absolute atomic E-state index is 12.4. The molecular formula is C16H28N3O+. The Morgan fingerprint density at radius 3 is 2.40 bits per heavy atom. The first-order chi connectivity index (χ1) is 9.24. The normalized spacial score (nSPS) is 11.3. The number of carbonyl (C=O) groups excluding carboxylic acids is 1. The number of hydrogen-bond acceptors (Lipinski definition) is 1. The third kappa shape index (κ3) is 4.85. The number of quaternary nitrogens is 1. The second-order valence-corrected chi connectivity index (χ2v) is 6.30. The summed E-state index contributed by atoms with van der Waals surface area (Å²) in [5.74, 6) is 0. The summed E-state index contributed by atoms with van der Waals surface area (Å²) in [6.45, 7) is 3.81. The predicted molar refractivity (Wildman–Crippen MR) is 85.1 cm³/mol. The van der Waals surface area contributed by atoms with Crippen molar-refractivity contribution >= 4 is 11.7 Å². The van der Waals surface area contributed by atoms with Gasteiger partial charge in [0.15, 0.2) is 0 Å². The maximum atomic E-state index is 12.4. The molecule has 1 aromatic rings. The lowest BCUT2D eigenvalue weighted by Gasteiger charge is -2.29. The summed E-state index contributed by atoms with van der Waals surface area (Å²) in [7, 11) is 10.1. The van der Waals surface area contributed by atoms with Crippen molar-refractivity contribution in [2.75, 3.05) is 53.2 Å². The smallest absolute Gasteiger partial charge is 0.324 e. The Kier molecular flexibility index (Phi) is 5.57. The molecule has 0 radical (unpaired) electrons. The number of benzene rings is 1. The van der Waals surface area contributed by atoms with Crippen molar-refractivity contribution in [2.45, 2.75) is 13.3 Å². The third-order valence-electron chi connectivity index (χ3n) is 3.43. The van der Waals surface area contributed by atoms with Gasteiger partial charge < -0.3 is 9.38 Å². The second-order valence-electron chi connectivity index (χ2n) is 6.30. The topological polar surface area (TPSA) is 23.6 Å². The number of likely N-dealkylation sites (N-methyl/N-ethyl adjacent to an activating group) is 2. The van der Waals surface area contributed by atoms with Gasteiger partial charge in [-0.25, -0.2) is 4.79 Å². The molecular weight excluding hydrogens is 250 g/mol. The molecule has 0 atom stereocenters. The minimum Gasteiger partial charge on any atom is -0.329 e. The molecule has 2 amide bonds. The SMILES string of the molecule is CCc1cccc(N(C)C(=O)N(C)CC[N+](C)(C)C)c1. The molecule has 0 unspecified atom stereocenters. The monoisotopic (exact) mass is 278 g/mol. The first-order valence-electron chi connectivity index (χ1n) is 7.13. The van der Waals surface area contributed by atoms with Crippen molar-refractivity contribution in [3.63, 3.8) is 0 Å². The number of hydrogen-bond donors (Lipinski definition) is 0. The molecule has 0 fully saturated rings. The van der Waals surface area contributed by atoms with Crippen LogP contribution in [-0.2, 0) is 6.42 Å². The Hall–Kier alpha value is -1.55. The zero-order valence-corrected chi connectivity index (χ0v) is 13.7. The van der Waals surface area contributed by atoms with Crippen molar-refractivity contribution in [2.24, 2.45) is 0 Å². The van der Waals surface area contributed by atoms with E-state index < -0.39 is 0 Å². The van der Waals surface area contributed by atoms with Gasteiger partial charge in [0.25, 0.3) is 0 Å². The average Bonchev–Trinajstić information content (AvgIpc) is 2.42. The highest BCUT2D eigenvalue weighted by atomic mass is 16.2. The number of amides is 2. The van der Waals surface area contributed by atoms with E-state index >= 15 is 0 Å². The molecule has 0 aliphatic heterocycles. The predicted octanol–water partition coefficient (Wildman–Crippen LogP) is 2.44. The molecule has 1 rings (SSSR count). The van der Waals surface area contributed by atoms with Gasteiger partial charge in [0, 0.05) is 19.8 Å². The van der Waals surface area contributed by atoms with E-state index in [4.69, 9.17) is 0 Å². The molecule has 1 aromatic carbocycles. The number of aryl methyl sites for hydroxylation is 1. The van der Waals surface area contributed by atoms with Crippen molar-refractivity contribution in [1.29, 1.82) is 0 Å². The van der Waals surface area contributed by atoms with E-state index in [1.807, 2.05) is 26.2 Å². The molecule has 4 heteroatoms. The highest BCUT2D eigenvalue weighted by Crippen LogP contribution is 2.16. The molecule has 0 saturated heterocycles. The summed E-state index contributed by atoms with van der Waals surface area (Å²) in [6.07, 6.45) is 0.979. The van der Waals surface area contributed by atoms with Gasteiger partial charge in [-0.05, 0) is 24.1 Å². The molecule has 20 heavy (non-hydrogen) atoms. The van der Waals surface area contributed by atoms with Crippen molar-refractivity contribution in [1.82, 2.24) is 4.90 Å². The zero-order valence-electron chi connectivity index (χ0n) is 13.7. The molecule has 0 heterocycles. The van der Waals surface area contributed by atoms with E-state index in [9.17, 15) is 4.79 Å². The number of rotatable bonds is 5. The van der Waals surface area contributed by atoms with Gasteiger partial charge in [-0.1, -0.05) is 19.1 Å². The maximum Gasteiger partial charge on any atom is 0.324 e. The van der Waals surface area contributed by atoms with Crippen LogP contribution >= 0.6 is 0 Å². The van der Waals surface area contributed by atoms with Crippen molar-refractivity contribution < 1.29 is 9.28 Å². The zero-order chi connectivity index (χ0) is 15.3. The van der Waals surface area contributed by atoms with Crippen LogP contribution in [-0.4, -0.2) is 63.7 Å². The van der Waals surface area contributed by atoms with Gasteiger partial charge in [-0.3, -0.25) is 4.90 Å². The Morgan fingerprint density at radius 2 is 1.85 bits per heavy atom. The Labute approximate surface area is 123 Å². The van der Waals surface area contributed by atoms with Gasteiger partial charge >= 0.3 is 6.03 Å². The van der Waals surface area contributed by atoms with Gasteiger partial charge in [0.2, 0.25) is 0 Å². The molecule has 0 spiro atoms. The lowest BCUT2D eigenvalue weighted by Crippen LogP contribution is -2.46. The lowest BCUT2D eigenvalue weighted by atomic mass is 10.1. The fourth-order valence-corrected chi connectivity index (χ4v) is 1.90. The number of nitrogens with zero attached hydrogens (tertiary/aromatic N) is 3. The highest BCUT2D eigenvalue weighted by Gasteiger charge is 2.18. The molecule has 0 aliphatic rings. The molecule has 4 nitrogen and oxygen atoms in total. The van der Waals surface area contributed by atoms with E-state index in [0.717, 1.165) is 29.7 Å². The minimum absolute atomic E-state index is 0.0340. The summed E-state index contributed by atoms with van der Waals surface area (Å²) in [5, 5.41) is 0. The van der Waals surface area contributed by atoms with Crippen LogP contribution < -0.4 is 4.90 Å². The van der Waals surface area contributed by atoms with E-state index in [2.05, 4.69) is 40.2 Å². The van der Waals surface area contributed by atoms with Gasteiger partial charge in [0.05, 0.1) is 34.2 Å². The molecule has 112 valence electrons. The first-order valence-corrected chi connectivity index (χ1v) is 7.13. The van der Waals surface area contributed by atoms with Crippen molar-refractivity contribution in [3.8, 4) is 0 Å². The molecule has 0 bridgehead atoms. The van der Waals surface area contributed by atoms with Crippen LogP contribution in [0.25, 0.3) is 0 Å². The van der Waals surface area contributed by atoms with E-state index in [1.54, 1.807) is 9.80 Å². The Bertz CT molecular complexity index is 451. The van der Waals surface area contributed by atoms with Crippen LogP contribution in [0.4, 0.5) is 10.5 Å². The summed E-state index contributed by atoms with van der Waals surface area (Å²) >= 11 is 0. The Morgan fingerprint density at radius 1 is 1.20 bits per heavy atom. The van der Waals surface area contributed by atoms with Gasteiger partial charge in [-0.2, -0.15) is 0 Å². The summed E-state index contributed by atoms with van der Waals surface area (Å²) in [6, 6.07) is 8.18. The summed E-state index contributed by atoms with van der Waals surface area (Å²) in [5.41, 5.74) is 2.20. The third-order valence-corrected chi connectivity index (χ3v) is 3.43. The first kappa shape index (κ1) is 16.5. The van der Waals surface area contributed by atoms with Crippen LogP contribution in [0, 0.1) is 0 Å². The van der Waals surface area contributed by atoms with E-state index in [-0.39, 0.29) is 6.03 Å². The standard InChI is InChI=1S/C16H28N3O/c1-7-14-9-8-10-15(13-14)18(3)16(20)17(2)11-12-19(4,5)6/h8-10,13H,7,11-12H2,1-6H3/q+1. The van der Waals surface area contributed by atoms with Crippen LogP contribution in [0.5, 0.6) is 0 Å². The fourth-order valence-electron chi connectivity index (χ4n) is 1.90. The van der Waals surface area contributed by atoms with Crippen LogP contribution in [0.3, 0.4) is 0 Å². The largest absolute Gasteiger partial charge is 0.329 e. The molecule has 0 N–H and O–H groups in total. The van der Waals surface area contributed by atoms with Crippen LogP contribution in [0.1, 0.15) is 12.5 Å². The number of anilines is 1. The average molecular weight is 278 g/mol. The Balaban J connectivity index is 2.70. The number of urea groups is 1. The van der Waals surface area contributed by atoms with Crippen molar-refractivity contribution in [3.05, 3.63) is 29.8 Å². The van der Waals surface area contributed by atoms with Gasteiger partial charge in [-0.15, -0.1) is 0 Å². The lowest BCUT2D eigenvalue weighted by molar-refractivity contribution is -0.869. The van der Waals surface area contributed by atoms with Crippen LogP contribution in [0.2, 0.25) is 0 Å². The fraction of sp³-hybridized carbons (Fsp3) is 0.562. The van der Waals surface area contributed by atoms with E-state index in [1.165, 1.54) is 5.56 Å². The van der Waals surface area contributed by atoms with E-state index in [0.29, 0.717) is 0 Å². The summed E-state index contributed by atoms with van der Waals surface area (Å²) < 4.78 is 0.854. The van der Waals surface area contributed by atoms with Crippen LogP contribution in [0.15, 0.2) is 24.3 Å².